The molecule has 1 aliphatic heterocycles. The highest BCUT2D eigenvalue weighted by atomic mass is 16.5. The van der Waals surface area contributed by atoms with E-state index in [0.717, 1.165) is 5.56 Å². The molecule has 0 unspecified atom stereocenters. The third kappa shape index (κ3) is 4.68. The van der Waals surface area contributed by atoms with Crippen molar-refractivity contribution in [1.29, 1.82) is 0 Å². The smallest absolute Gasteiger partial charge is 0.228 e. The van der Waals surface area contributed by atoms with Crippen LogP contribution in [0.2, 0.25) is 0 Å². The van der Waals surface area contributed by atoms with Crippen molar-refractivity contribution in [2.45, 2.75) is 32.6 Å². The molecule has 2 heterocycles. The fourth-order valence-electron chi connectivity index (χ4n) is 3.11. The van der Waals surface area contributed by atoms with E-state index < -0.39 is 0 Å². The Hall–Kier alpha value is -2.70. The molecule has 1 aromatic carbocycles. The van der Waals surface area contributed by atoms with Crippen molar-refractivity contribution in [3.8, 4) is 0 Å². The highest BCUT2D eigenvalue weighted by Gasteiger charge is 2.29. The van der Waals surface area contributed by atoms with Gasteiger partial charge in [0.15, 0.2) is 5.82 Å². The summed E-state index contributed by atoms with van der Waals surface area (Å²) < 4.78 is 5.25. The lowest BCUT2D eigenvalue weighted by Gasteiger charge is -2.30. The average molecular weight is 356 g/mol. The molecule has 1 N–H and O–H groups in total. The quantitative estimate of drug-likeness (QED) is 0.814. The van der Waals surface area contributed by atoms with Gasteiger partial charge in [0, 0.05) is 38.9 Å². The molecule has 1 atom stereocenters. The third-order valence-corrected chi connectivity index (χ3v) is 4.61. The number of hydrogen-bond acceptors (Lipinski definition) is 5. The van der Waals surface area contributed by atoms with Gasteiger partial charge < -0.3 is 14.7 Å². The van der Waals surface area contributed by atoms with Gasteiger partial charge in [-0.3, -0.25) is 9.59 Å². The Labute approximate surface area is 152 Å². The van der Waals surface area contributed by atoms with E-state index in [9.17, 15) is 9.59 Å². The normalized spacial score (nSPS) is 17.3. The van der Waals surface area contributed by atoms with Crippen LogP contribution in [-0.4, -0.2) is 46.5 Å². The minimum Gasteiger partial charge on any atom is -0.355 e. The number of amides is 2. The molecule has 0 bridgehead atoms. The van der Waals surface area contributed by atoms with Gasteiger partial charge >= 0.3 is 0 Å². The predicted octanol–water partition coefficient (Wildman–Crippen LogP) is 1.58. The van der Waals surface area contributed by atoms with Crippen LogP contribution in [0.25, 0.3) is 0 Å². The van der Waals surface area contributed by atoms with E-state index in [2.05, 4.69) is 15.5 Å². The Morgan fingerprint density at radius 3 is 2.92 bits per heavy atom. The van der Waals surface area contributed by atoms with Gasteiger partial charge in [0.05, 0.1) is 5.92 Å². The molecule has 2 amide bonds. The van der Waals surface area contributed by atoms with Crippen molar-refractivity contribution in [2.75, 3.05) is 19.6 Å². The molecule has 0 saturated carbocycles. The molecule has 1 fully saturated rings. The van der Waals surface area contributed by atoms with Gasteiger partial charge in [-0.15, -0.1) is 0 Å². The second kappa shape index (κ2) is 8.60. The molecule has 0 aliphatic carbocycles. The standard InChI is InChI=1S/C19H24N4O3/c1-2-23-13-15(8-9-18(23)24)19(25)20-11-10-17-21-16(22-26-17)12-14-6-4-3-5-7-14/h3-7,15H,2,8-13H2,1H3,(H,20,25)/t15-/m0/s1. The summed E-state index contributed by atoms with van der Waals surface area (Å²) in [5.41, 5.74) is 1.13. The largest absolute Gasteiger partial charge is 0.355 e. The number of nitrogens with zero attached hydrogens (tertiary/aromatic N) is 3. The zero-order valence-corrected chi connectivity index (χ0v) is 15.0. The zero-order chi connectivity index (χ0) is 18.4. The molecule has 1 saturated heterocycles. The van der Waals surface area contributed by atoms with Crippen LogP contribution < -0.4 is 5.32 Å². The number of likely N-dealkylation sites (tertiary alicyclic amines) is 1. The fraction of sp³-hybridized carbons (Fsp3) is 0.474. The first-order valence-electron chi connectivity index (χ1n) is 9.06. The van der Waals surface area contributed by atoms with Crippen LogP contribution in [0.5, 0.6) is 0 Å². The molecule has 1 aromatic heterocycles. The van der Waals surface area contributed by atoms with Crippen molar-refractivity contribution >= 4 is 11.8 Å². The van der Waals surface area contributed by atoms with E-state index >= 15 is 0 Å². The number of piperidine rings is 1. The van der Waals surface area contributed by atoms with E-state index in [1.165, 1.54) is 0 Å². The molecular weight excluding hydrogens is 332 g/mol. The molecule has 3 rings (SSSR count). The van der Waals surface area contributed by atoms with Gasteiger partial charge in [-0.1, -0.05) is 35.5 Å². The van der Waals surface area contributed by atoms with Crippen molar-refractivity contribution in [2.24, 2.45) is 5.92 Å². The number of nitrogens with one attached hydrogen (secondary N) is 1. The third-order valence-electron chi connectivity index (χ3n) is 4.61. The summed E-state index contributed by atoms with van der Waals surface area (Å²) >= 11 is 0. The maximum absolute atomic E-state index is 12.3. The lowest BCUT2D eigenvalue weighted by molar-refractivity contribution is -0.138. The Bertz CT molecular complexity index is 744. The number of carbonyl (C=O) groups is 2. The SMILES string of the molecule is CCN1C[C@@H](C(=O)NCCc2nc(Cc3ccccc3)no2)CCC1=O. The van der Waals surface area contributed by atoms with E-state index in [0.29, 0.717) is 57.0 Å². The van der Waals surface area contributed by atoms with Crippen LogP contribution in [0.3, 0.4) is 0 Å². The highest BCUT2D eigenvalue weighted by molar-refractivity contribution is 5.83. The minimum atomic E-state index is -0.135. The van der Waals surface area contributed by atoms with Crippen molar-refractivity contribution in [3.63, 3.8) is 0 Å². The second-order valence-corrected chi connectivity index (χ2v) is 6.48. The zero-order valence-electron chi connectivity index (χ0n) is 15.0. The number of carbonyl (C=O) groups excluding carboxylic acids is 2. The minimum absolute atomic E-state index is 0.0139. The summed E-state index contributed by atoms with van der Waals surface area (Å²) in [6.45, 7) is 3.53. The van der Waals surface area contributed by atoms with Gasteiger partial charge in [0.25, 0.3) is 0 Å². The summed E-state index contributed by atoms with van der Waals surface area (Å²) in [6.07, 6.45) is 2.18. The van der Waals surface area contributed by atoms with Crippen LogP contribution in [0.4, 0.5) is 0 Å². The van der Waals surface area contributed by atoms with Crippen LogP contribution in [0.1, 0.15) is 37.0 Å². The van der Waals surface area contributed by atoms with E-state index in [1.54, 1.807) is 4.90 Å². The molecule has 0 radical (unpaired) electrons. The lowest BCUT2D eigenvalue weighted by atomic mass is 9.96. The van der Waals surface area contributed by atoms with Gasteiger partial charge in [-0.25, -0.2) is 0 Å². The highest BCUT2D eigenvalue weighted by Crippen LogP contribution is 2.17. The van der Waals surface area contributed by atoms with Crippen LogP contribution >= 0.6 is 0 Å². The summed E-state index contributed by atoms with van der Waals surface area (Å²) in [5, 5.41) is 6.90. The topological polar surface area (TPSA) is 88.3 Å². The Morgan fingerprint density at radius 2 is 2.15 bits per heavy atom. The second-order valence-electron chi connectivity index (χ2n) is 6.48. The van der Waals surface area contributed by atoms with Crippen LogP contribution in [-0.2, 0) is 22.4 Å². The first kappa shape index (κ1) is 18.1. The summed E-state index contributed by atoms with van der Waals surface area (Å²) in [4.78, 5) is 30.1. The molecule has 1 aliphatic rings. The Morgan fingerprint density at radius 1 is 1.35 bits per heavy atom. The van der Waals surface area contributed by atoms with E-state index in [1.807, 2.05) is 37.3 Å². The fourth-order valence-corrected chi connectivity index (χ4v) is 3.11. The van der Waals surface area contributed by atoms with Crippen molar-refractivity contribution < 1.29 is 14.1 Å². The Balaban J connectivity index is 1.43. The lowest BCUT2D eigenvalue weighted by Crippen LogP contribution is -2.45. The number of benzene rings is 1. The van der Waals surface area contributed by atoms with Gasteiger partial charge in [-0.05, 0) is 18.9 Å². The maximum atomic E-state index is 12.3. The molecular formula is C19H24N4O3. The van der Waals surface area contributed by atoms with Gasteiger partial charge in [0.2, 0.25) is 17.7 Å². The number of hydrogen-bond donors (Lipinski definition) is 1. The predicted molar refractivity (Wildman–Crippen MR) is 95.2 cm³/mol. The van der Waals surface area contributed by atoms with E-state index in [-0.39, 0.29) is 17.7 Å². The molecule has 0 spiro atoms. The summed E-state index contributed by atoms with van der Waals surface area (Å²) in [6, 6.07) is 9.96. The van der Waals surface area contributed by atoms with E-state index in [4.69, 9.17) is 4.52 Å². The van der Waals surface area contributed by atoms with Crippen LogP contribution in [0.15, 0.2) is 34.9 Å². The van der Waals surface area contributed by atoms with Crippen molar-refractivity contribution in [1.82, 2.24) is 20.4 Å². The monoisotopic (exact) mass is 356 g/mol. The Kier molecular flexibility index (Phi) is 5.99. The van der Waals surface area contributed by atoms with Crippen molar-refractivity contribution in [3.05, 3.63) is 47.6 Å². The number of rotatable bonds is 7. The van der Waals surface area contributed by atoms with Gasteiger partial charge in [0.1, 0.15) is 0 Å². The van der Waals surface area contributed by atoms with Crippen LogP contribution in [0, 0.1) is 5.92 Å². The number of aromatic nitrogens is 2. The maximum Gasteiger partial charge on any atom is 0.228 e. The first-order chi connectivity index (χ1) is 12.7. The average Bonchev–Trinajstić information content (AvgIpc) is 3.10. The first-order valence-corrected chi connectivity index (χ1v) is 9.06. The summed E-state index contributed by atoms with van der Waals surface area (Å²) in [7, 11) is 0. The molecule has 26 heavy (non-hydrogen) atoms. The molecule has 7 nitrogen and oxygen atoms in total. The molecule has 138 valence electrons. The van der Waals surface area contributed by atoms with Gasteiger partial charge in [-0.2, -0.15) is 4.98 Å². The molecule has 2 aromatic rings. The summed E-state index contributed by atoms with van der Waals surface area (Å²) in [5.74, 6) is 1.14. The molecule has 7 heteroatoms.